The Balaban J connectivity index is 2.66. The molecule has 0 aliphatic carbocycles. The molecule has 11 heavy (non-hydrogen) atoms. The molecule has 1 saturated heterocycles. The summed E-state index contributed by atoms with van der Waals surface area (Å²) < 4.78 is 44.2. The van der Waals surface area contributed by atoms with E-state index >= 15 is 0 Å². The highest BCUT2D eigenvalue weighted by atomic mass is 32.2. The molecule has 0 aromatic rings. The van der Waals surface area contributed by atoms with E-state index < -0.39 is 18.4 Å². The van der Waals surface area contributed by atoms with Crippen molar-refractivity contribution in [1.29, 1.82) is 0 Å². The average Bonchev–Trinajstić information content (AvgIpc) is 2.31. The van der Waals surface area contributed by atoms with Crippen LogP contribution in [0.25, 0.3) is 0 Å². The van der Waals surface area contributed by atoms with Gasteiger partial charge in [-0.05, 0) is 0 Å². The molecular formula is C5H3F3O2S. The van der Waals surface area contributed by atoms with Gasteiger partial charge in [-0.15, -0.1) is 6.42 Å². The summed E-state index contributed by atoms with van der Waals surface area (Å²) in [4.78, 5) is 0. The van der Waals surface area contributed by atoms with Gasteiger partial charge >= 0.3 is 6.18 Å². The maximum Gasteiger partial charge on any atom is 0.419 e. The number of terminal acetylenes is 1. The Morgan fingerprint density at radius 3 is 2.36 bits per heavy atom. The smallest absolute Gasteiger partial charge is 0.274 e. The second-order valence-corrected chi connectivity index (χ2v) is 2.33. The van der Waals surface area contributed by atoms with Crippen LogP contribution in [-0.4, -0.2) is 18.4 Å². The van der Waals surface area contributed by atoms with E-state index in [9.17, 15) is 13.2 Å². The Hall–Kier alpha value is -0.380. The minimum absolute atomic E-state index is 0.279. The molecule has 1 aliphatic heterocycles. The van der Waals surface area contributed by atoms with Gasteiger partial charge < -0.3 is 0 Å². The fourth-order valence-electron chi connectivity index (χ4n) is 0.550. The first-order valence-corrected chi connectivity index (χ1v) is 3.24. The van der Waals surface area contributed by atoms with Crippen molar-refractivity contribution in [3.8, 4) is 12.3 Å². The van der Waals surface area contributed by atoms with Gasteiger partial charge in [-0.25, -0.2) is 0 Å². The molecule has 2 unspecified atom stereocenters. The van der Waals surface area contributed by atoms with Crippen molar-refractivity contribution < 1.29 is 21.5 Å². The lowest BCUT2D eigenvalue weighted by Crippen LogP contribution is -2.36. The van der Waals surface area contributed by atoms with Gasteiger partial charge in [-0.1, -0.05) is 5.92 Å². The molecule has 0 bridgehead atoms. The van der Waals surface area contributed by atoms with Crippen molar-refractivity contribution in [1.82, 2.24) is 0 Å². The molecule has 0 aromatic heterocycles. The molecule has 0 aromatic carbocycles. The first kappa shape index (κ1) is 8.71. The molecule has 1 aliphatic rings. The molecule has 6 heteroatoms. The fourth-order valence-corrected chi connectivity index (χ4v) is 1.13. The van der Waals surface area contributed by atoms with Crippen LogP contribution >= 0.6 is 12.3 Å². The zero-order chi connectivity index (χ0) is 8.48. The minimum atomic E-state index is -4.46. The van der Waals surface area contributed by atoms with Crippen molar-refractivity contribution in [2.24, 2.45) is 0 Å². The SMILES string of the molecule is C#CC1OSOC1C(F)(F)F. The predicted molar refractivity (Wildman–Crippen MR) is 32.2 cm³/mol. The molecule has 0 radical (unpaired) electrons. The Bertz CT molecular complexity index is 185. The van der Waals surface area contributed by atoms with Crippen molar-refractivity contribution in [3.05, 3.63) is 0 Å². The van der Waals surface area contributed by atoms with Crippen LogP contribution in [0.2, 0.25) is 0 Å². The molecule has 0 N–H and O–H groups in total. The van der Waals surface area contributed by atoms with E-state index in [1.165, 1.54) is 0 Å². The maximum atomic E-state index is 11.9. The molecule has 1 rings (SSSR count). The van der Waals surface area contributed by atoms with Gasteiger partial charge in [0.2, 0.25) is 6.10 Å². The normalized spacial score (nSPS) is 31.8. The second kappa shape index (κ2) is 2.93. The maximum absolute atomic E-state index is 11.9. The van der Waals surface area contributed by atoms with E-state index in [1.54, 1.807) is 0 Å². The van der Waals surface area contributed by atoms with E-state index in [4.69, 9.17) is 6.42 Å². The topological polar surface area (TPSA) is 18.5 Å². The van der Waals surface area contributed by atoms with Gasteiger partial charge in [0.1, 0.15) is 0 Å². The van der Waals surface area contributed by atoms with E-state index in [0.29, 0.717) is 0 Å². The van der Waals surface area contributed by atoms with Crippen LogP contribution in [0.4, 0.5) is 13.2 Å². The van der Waals surface area contributed by atoms with Gasteiger partial charge in [-0.3, -0.25) is 8.37 Å². The summed E-state index contributed by atoms with van der Waals surface area (Å²) in [5.74, 6) is 1.83. The molecule has 2 atom stereocenters. The Morgan fingerprint density at radius 2 is 2.00 bits per heavy atom. The monoisotopic (exact) mass is 184 g/mol. The van der Waals surface area contributed by atoms with Crippen LogP contribution in [0.3, 0.4) is 0 Å². The zero-order valence-electron chi connectivity index (χ0n) is 5.09. The molecule has 2 nitrogen and oxygen atoms in total. The van der Waals surface area contributed by atoms with Crippen LogP contribution in [0.1, 0.15) is 0 Å². The number of halogens is 3. The summed E-state index contributed by atoms with van der Waals surface area (Å²) in [5.41, 5.74) is 0. The lowest BCUT2D eigenvalue weighted by atomic mass is 10.2. The van der Waals surface area contributed by atoms with Crippen LogP contribution in [0.5, 0.6) is 0 Å². The summed E-state index contributed by atoms with van der Waals surface area (Å²) >= 11 is 0.279. The van der Waals surface area contributed by atoms with E-state index in [2.05, 4.69) is 8.37 Å². The summed E-state index contributed by atoms with van der Waals surface area (Å²) in [7, 11) is 0. The largest absolute Gasteiger partial charge is 0.419 e. The predicted octanol–water partition coefficient (Wildman–Crippen LogP) is 1.53. The first-order valence-electron chi connectivity index (χ1n) is 2.57. The fraction of sp³-hybridized carbons (Fsp3) is 0.600. The van der Waals surface area contributed by atoms with Gasteiger partial charge in [0, 0.05) is 0 Å². The van der Waals surface area contributed by atoms with Gasteiger partial charge in [-0.2, -0.15) is 13.2 Å². The number of alkyl halides is 3. The summed E-state index contributed by atoms with van der Waals surface area (Å²) in [6.07, 6.45) is -3.04. The third-order valence-electron chi connectivity index (χ3n) is 1.05. The molecule has 0 spiro atoms. The Labute approximate surface area is 65.5 Å². The Kier molecular flexibility index (Phi) is 2.32. The van der Waals surface area contributed by atoms with Crippen LogP contribution in [0.15, 0.2) is 0 Å². The highest BCUT2D eigenvalue weighted by molar-refractivity contribution is 7.90. The number of hydrogen-bond donors (Lipinski definition) is 0. The van der Waals surface area contributed by atoms with Crippen LogP contribution in [0, 0.1) is 12.3 Å². The van der Waals surface area contributed by atoms with Gasteiger partial charge in [0.25, 0.3) is 0 Å². The average molecular weight is 184 g/mol. The number of rotatable bonds is 0. The molecule has 0 saturated carbocycles. The standard InChI is InChI=1S/C5H3F3O2S/c1-2-3-4(5(6,7)8)10-11-9-3/h1,3-4H. The zero-order valence-corrected chi connectivity index (χ0v) is 5.91. The molecule has 0 amide bonds. The quantitative estimate of drug-likeness (QED) is 0.420. The van der Waals surface area contributed by atoms with E-state index in [-0.39, 0.29) is 12.3 Å². The lowest BCUT2D eigenvalue weighted by Gasteiger charge is -2.13. The summed E-state index contributed by atoms with van der Waals surface area (Å²) in [6, 6.07) is 0. The van der Waals surface area contributed by atoms with Gasteiger partial charge in [0.05, 0.1) is 0 Å². The number of hydrogen-bond acceptors (Lipinski definition) is 3. The van der Waals surface area contributed by atoms with Crippen molar-refractivity contribution >= 4 is 12.3 Å². The minimum Gasteiger partial charge on any atom is -0.274 e. The van der Waals surface area contributed by atoms with Crippen molar-refractivity contribution in [2.45, 2.75) is 18.4 Å². The summed E-state index contributed by atoms with van der Waals surface area (Å²) in [6.45, 7) is 0. The van der Waals surface area contributed by atoms with Crippen molar-refractivity contribution in [3.63, 3.8) is 0 Å². The first-order chi connectivity index (χ1) is 5.05. The lowest BCUT2D eigenvalue weighted by molar-refractivity contribution is -0.195. The van der Waals surface area contributed by atoms with Gasteiger partial charge in [0.15, 0.2) is 18.4 Å². The second-order valence-electron chi connectivity index (χ2n) is 1.81. The molecule has 62 valence electrons. The third kappa shape index (κ3) is 1.80. The van der Waals surface area contributed by atoms with E-state index in [0.717, 1.165) is 0 Å². The molecular weight excluding hydrogens is 181 g/mol. The third-order valence-corrected chi connectivity index (χ3v) is 1.62. The van der Waals surface area contributed by atoms with Crippen LogP contribution in [-0.2, 0) is 8.37 Å². The summed E-state index contributed by atoms with van der Waals surface area (Å²) in [5, 5.41) is 0. The van der Waals surface area contributed by atoms with Crippen molar-refractivity contribution in [2.75, 3.05) is 0 Å². The highest BCUT2D eigenvalue weighted by Crippen LogP contribution is 2.36. The molecule has 1 fully saturated rings. The molecule has 1 heterocycles. The highest BCUT2D eigenvalue weighted by Gasteiger charge is 2.50. The Morgan fingerprint density at radius 1 is 1.36 bits per heavy atom. The van der Waals surface area contributed by atoms with E-state index in [1.807, 2.05) is 5.92 Å². The van der Waals surface area contributed by atoms with Crippen LogP contribution < -0.4 is 0 Å².